The molecule has 0 spiro atoms. The first-order valence-corrected chi connectivity index (χ1v) is 2.17. The molecule has 0 radical (unpaired) electrons. The third-order valence-corrected chi connectivity index (χ3v) is 0.603. The van der Waals surface area contributed by atoms with Gasteiger partial charge in [0.25, 0.3) is 0 Å². The van der Waals surface area contributed by atoms with Crippen LogP contribution in [0.2, 0.25) is 0 Å². The summed E-state index contributed by atoms with van der Waals surface area (Å²) >= 11 is 0. The lowest BCUT2D eigenvalue weighted by Gasteiger charge is -1.96. The van der Waals surface area contributed by atoms with E-state index in [1.54, 1.807) is 0 Å². The topological polar surface area (TPSA) is 110 Å². The zero-order valence-electron chi connectivity index (χ0n) is 4.61. The summed E-state index contributed by atoms with van der Waals surface area (Å²) in [6.45, 7) is 0. The van der Waals surface area contributed by atoms with E-state index in [4.69, 9.17) is 21.7 Å². The van der Waals surface area contributed by atoms with Crippen molar-refractivity contribution in [1.29, 1.82) is 0 Å². The van der Waals surface area contributed by atoms with Gasteiger partial charge in [-0.25, -0.2) is 4.79 Å². The number of rotatable bonds is 2. The normalized spacial score (nSPS) is 12.1. The Balaban J connectivity index is 3.91. The van der Waals surface area contributed by atoms with Crippen molar-refractivity contribution < 1.29 is 15.0 Å². The van der Waals surface area contributed by atoms with E-state index in [1.165, 1.54) is 0 Å². The molecule has 0 aliphatic rings. The third-order valence-electron chi connectivity index (χ3n) is 0.603. The molecule has 0 aliphatic heterocycles. The van der Waals surface area contributed by atoms with E-state index >= 15 is 0 Å². The molecule has 0 bridgehead atoms. The number of aliphatic carboxylic acids is 1. The molecule has 0 amide bonds. The standard InChI is InChI=1S/C4H8N2O3/c5-3(6)1-2(7)4(8)9/h1-2,7H,5-6H2,(H,8,9). The second kappa shape index (κ2) is 2.93. The van der Waals surface area contributed by atoms with Crippen molar-refractivity contribution in [3.63, 3.8) is 0 Å². The summed E-state index contributed by atoms with van der Waals surface area (Å²) in [7, 11) is 0. The Labute approximate surface area is 51.6 Å². The monoisotopic (exact) mass is 132 g/mol. The molecular formula is C4H8N2O3. The van der Waals surface area contributed by atoms with Crippen LogP contribution in [0.1, 0.15) is 0 Å². The lowest BCUT2D eigenvalue weighted by Crippen LogP contribution is -2.20. The highest BCUT2D eigenvalue weighted by Gasteiger charge is 2.08. The summed E-state index contributed by atoms with van der Waals surface area (Å²) in [5.41, 5.74) is 9.69. The Kier molecular flexibility index (Phi) is 2.53. The maximum absolute atomic E-state index is 9.83. The molecule has 0 fully saturated rings. The maximum atomic E-state index is 9.83. The molecule has 0 aromatic rings. The first-order chi connectivity index (χ1) is 4.04. The van der Waals surface area contributed by atoms with Crippen molar-refractivity contribution >= 4 is 5.97 Å². The molecule has 0 saturated carbocycles. The zero-order chi connectivity index (χ0) is 7.44. The minimum absolute atomic E-state index is 0.204. The molecular weight excluding hydrogens is 124 g/mol. The summed E-state index contributed by atoms with van der Waals surface area (Å²) < 4.78 is 0. The first kappa shape index (κ1) is 7.77. The number of hydrogen-bond acceptors (Lipinski definition) is 4. The molecule has 9 heavy (non-hydrogen) atoms. The number of carbonyl (C=O) groups is 1. The lowest BCUT2D eigenvalue weighted by atomic mass is 10.3. The average Bonchev–Trinajstić information content (AvgIpc) is 1.63. The van der Waals surface area contributed by atoms with Crippen LogP contribution in [0.25, 0.3) is 0 Å². The molecule has 52 valence electrons. The summed E-state index contributed by atoms with van der Waals surface area (Å²) in [4.78, 5) is 9.83. The number of carboxylic acids is 1. The molecule has 0 aliphatic carbocycles. The fourth-order valence-electron chi connectivity index (χ4n) is 0.254. The van der Waals surface area contributed by atoms with Gasteiger partial charge in [-0.1, -0.05) is 0 Å². The van der Waals surface area contributed by atoms with Gasteiger partial charge in [-0.3, -0.25) is 0 Å². The smallest absolute Gasteiger partial charge is 0.336 e. The van der Waals surface area contributed by atoms with Crippen molar-refractivity contribution in [3.8, 4) is 0 Å². The van der Waals surface area contributed by atoms with Crippen LogP contribution < -0.4 is 11.5 Å². The first-order valence-electron chi connectivity index (χ1n) is 2.17. The Hall–Kier alpha value is -1.23. The minimum atomic E-state index is -1.60. The van der Waals surface area contributed by atoms with Gasteiger partial charge in [-0.05, 0) is 6.08 Å². The van der Waals surface area contributed by atoms with E-state index in [2.05, 4.69) is 0 Å². The van der Waals surface area contributed by atoms with Crippen molar-refractivity contribution in [2.45, 2.75) is 6.10 Å². The number of nitrogens with two attached hydrogens (primary N) is 2. The van der Waals surface area contributed by atoms with Gasteiger partial charge < -0.3 is 21.7 Å². The van der Waals surface area contributed by atoms with Crippen molar-refractivity contribution in [3.05, 3.63) is 11.9 Å². The van der Waals surface area contributed by atoms with Gasteiger partial charge in [0.1, 0.15) is 0 Å². The fraction of sp³-hybridized carbons (Fsp3) is 0.250. The average molecular weight is 132 g/mol. The highest BCUT2D eigenvalue weighted by Crippen LogP contribution is 1.84. The van der Waals surface area contributed by atoms with Crippen molar-refractivity contribution in [2.24, 2.45) is 11.5 Å². The number of hydrogen-bond donors (Lipinski definition) is 4. The van der Waals surface area contributed by atoms with Crippen molar-refractivity contribution in [1.82, 2.24) is 0 Å². The van der Waals surface area contributed by atoms with Crippen LogP contribution in [0.3, 0.4) is 0 Å². The molecule has 0 heterocycles. The molecule has 6 N–H and O–H groups in total. The second-order valence-electron chi connectivity index (χ2n) is 1.45. The van der Waals surface area contributed by atoms with Crippen LogP contribution >= 0.6 is 0 Å². The predicted molar refractivity (Wildman–Crippen MR) is 30.1 cm³/mol. The maximum Gasteiger partial charge on any atom is 0.336 e. The summed E-state index contributed by atoms with van der Waals surface area (Å²) in [6, 6.07) is 0. The van der Waals surface area contributed by atoms with Crippen LogP contribution in [-0.4, -0.2) is 22.3 Å². The molecule has 0 aromatic heterocycles. The Bertz CT molecular complexity index is 139. The Morgan fingerprint density at radius 2 is 2.00 bits per heavy atom. The van der Waals surface area contributed by atoms with Crippen LogP contribution in [0, 0.1) is 0 Å². The molecule has 0 saturated heterocycles. The minimum Gasteiger partial charge on any atom is -0.479 e. The van der Waals surface area contributed by atoms with Crippen LogP contribution in [0.5, 0.6) is 0 Å². The SMILES string of the molecule is NC(N)=CC(O)C(=O)O. The van der Waals surface area contributed by atoms with E-state index in [9.17, 15) is 4.79 Å². The van der Waals surface area contributed by atoms with E-state index in [0.717, 1.165) is 6.08 Å². The van der Waals surface area contributed by atoms with Crippen LogP contribution in [0.15, 0.2) is 11.9 Å². The van der Waals surface area contributed by atoms with E-state index in [0.29, 0.717) is 0 Å². The molecule has 0 aromatic carbocycles. The highest BCUT2D eigenvalue weighted by atomic mass is 16.4. The summed E-state index contributed by atoms with van der Waals surface area (Å²) in [6.07, 6.45) is -0.766. The van der Waals surface area contributed by atoms with Gasteiger partial charge in [0, 0.05) is 0 Å². The molecule has 5 nitrogen and oxygen atoms in total. The largest absolute Gasteiger partial charge is 0.479 e. The number of aliphatic hydroxyl groups is 1. The predicted octanol–water partition coefficient (Wildman–Crippen LogP) is -1.81. The van der Waals surface area contributed by atoms with Gasteiger partial charge >= 0.3 is 5.97 Å². The van der Waals surface area contributed by atoms with Gasteiger partial charge in [0.15, 0.2) is 6.10 Å². The van der Waals surface area contributed by atoms with E-state index in [-0.39, 0.29) is 5.82 Å². The lowest BCUT2D eigenvalue weighted by molar-refractivity contribution is -0.144. The summed E-state index contributed by atoms with van der Waals surface area (Å²) in [5.74, 6) is -1.58. The fourth-order valence-corrected chi connectivity index (χ4v) is 0.254. The van der Waals surface area contributed by atoms with E-state index < -0.39 is 12.1 Å². The molecule has 5 heteroatoms. The zero-order valence-corrected chi connectivity index (χ0v) is 4.61. The third kappa shape index (κ3) is 3.36. The molecule has 0 rings (SSSR count). The van der Waals surface area contributed by atoms with Gasteiger partial charge in [0.2, 0.25) is 0 Å². The Morgan fingerprint density at radius 1 is 1.56 bits per heavy atom. The van der Waals surface area contributed by atoms with Crippen molar-refractivity contribution in [2.75, 3.05) is 0 Å². The van der Waals surface area contributed by atoms with Crippen LogP contribution in [0.4, 0.5) is 0 Å². The molecule has 1 atom stereocenters. The molecule has 1 unspecified atom stereocenters. The highest BCUT2D eigenvalue weighted by molar-refractivity contribution is 5.74. The second-order valence-corrected chi connectivity index (χ2v) is 1.45. The number of carboxylic acid groups (broad SMARTS) is 1. The quantitative estimate of drug-likeness (QED) is 0.354. The van der Waals surface area contributed by atoms with E-state index in [1.807, 2.05) is 0 Å². The summed E-state index contributed by atoms with van der Waals surface area (Å²) in [5, 5.41) is 16.5. The number of aliphatic hydroxyl groups excluding tert-OH is 1. The Morgan fingerprint density at radius 3 is 2.11 bits per heavy atom. The van der Waals surface area contributed by atoms with Crippen LogP contribution in [-0.2, 0) is 4.79 Å². The van der Waals surface area contributed by atoms with Gasteiger partial charge in [0.05, 0.1) is 5.82 Å². The van der Waals surface area contributed by atoms with Gasteiger partial charge in [-0.15, -0.1) is 0 Å². The van der Waals surface area contributed by atoms with Gasteiger partial charge in [-0.2, -0.15) is 0 Å².